The summed E-state index contributed by atoms with van der Waals surface area (Å²) in [5, 5.41) is 0.913. The summed E-state index contributed by atoms with van der Waals surface area (Å²) in [5.74, 6) is 0.0123. The zero-order valence-electron chi connectivity index (χ0n) is 16.4. The number of alkyl halides is 3. The van der Waals surface area contributed by atoms with E-state index >= 15 is 0 Å². The van der Waals surface area contributed by atoms with Crippen LogP contribution in [-0.2, 0) is 16.3 Å². The van der Waals surface area contributed by atoms with Crippen molar-refractivity contribution in [3.8, 4) is 28.6 Å². The van der Waals surface area contributed by atoms with Crippen molar-refractivity contribution in [1.82, 2.24) is 15.0 Å². The Morgan fingerprint density at radius 2 is 1.75 bits per heavy atom. The first kappa shape index (κ1) is 21.5. The number of aromatic nitrogens is 3. The molecule has 0 spiro atoms. The highest BCUT2D eigenvalue weighted by Gasteiger charge is 2.32. The second-order valence-electron chi connectivity index (χ2n) is 6.70. The molecule has 4 rings (SSSR count). The van der Waals surface area contributed by atoms with Crippen LogP contribution in [0.3, 0.4) is 0 Å². The summed E-state index contributed by atoms with van der Waals surface area (Å²) >= 11 is 0. The van der Waals surface area contributed by atoms with Crippen molar-refractivity contribution in [3.05, 3.63) is 72.7 Å². The molecule has 0 saturated heterocycles. The molecule has 7 nitrogen and oxygen atoms in total. The number of fused-ring (bicyclic) bond motifs is 1. The van der Waals surface area contributed by atoms with Crippen molar-refractivity contribution in [2.24, 2.45) is 0 Å². The van der Waals surface area contributed by atoms with Gasteiger partial charge in [0.2, 0.25) is 5.88 Å². The van der Waals surface area contributed by atoms with Crippen molar-refractivity contribution >= 4 is 21.0 Å². The van der Waals surface area contributed by atoms with E-state index < -0.39 is 27.6 Å². The van der Waals surface area contributed by atoms with E-state index in [0.29, 0.717) is 17.3 Å². The van der Waals surface area contributed by atoms with Gasteiger partial charge in [-0.05, 0) is 36.4 Å². The molecule has 4 aromatic rings. The van der Waals surface area contributed by atoms with E-state index in [1.54, 1.807) is 24.4 Å². The Balaban J connectivity index is 1.71. The molecule has 2 aromatic heterocycles. The minimum absolute atomic E-state index is 0.0239. The van der Waals surface area contributed by atoms with Gasteiger partial charge in [0.15, 0.2) is 5.75 Å². The fraction of sp³-hybridized carbons (Fsp3) is 0.0952. The molecule has 2 aromatic carbocycles. The molecule has 0 N–H and O–H groups in total. The topological polar surface area (TPSA) is 91.3 Å². The summed E-state index contributed by atoms with van der Waals surface area (Å²) in [7, 11) is -4.10. The first-order chi connectivity index (χ1) is 15.1. The second-order valence-corrected chi connectivity index (χ2v) is 8.27. The smallest absolute Gasteiger partial charge is 0.416 e. The number of pyridine rings is 1. The Morgan fingerprint density at radius 1 is 0.938 bits per heavy atom. The SMILES string of the molecule is CS(=O)(=O)Oc1cc(C(F)(F)F)ccc1-c1cc(Oc2ccc3cccnc3c2)ncn1. The van der Waals surface area contributed by atoms with Crippen LogP contribution in [0.25, 0.3) is 22.2 Å². The predicted molar refractivity (Wildman–Crippen MR) is 110 cm³/mol. The van der Waals surface area contributed by atoms with E-state index in [2.05, 4.69) is 15.0 Å². The Labute approximate surface area is 180 Å². The summed E-state index contributed by atoms with van der Waals surface area (Å²) in [5.41, 5.74) is -0.225. The molecule has 0 radical (unpaired) electrons. The van der Waals surface area contributed by atoms with Crippen molar-refractivity contribution in [2.75, 3.05) is 6.26 Å². The third kappa shape index (κ3) is 4.94. The lowest BCUT2D eigenvalue weighted by atomic mass is 10.1. The average molecular weight is 461 g/mol. The van der Waals surface area contributed by atoms with Crippen molar-refractivity contribution in [3.63, 3.8) is 0 Å². The summed E-state index contributed by atoms with van der Waals surface area (Å²) < 4.78 is 73.0. The van der Waals surface area contributed by atoms with Gasteiger partial charge in [0, 0.05) is 29.3 Å². The van der Waals surface area contributed by atoms with Crippen LogP contribution in [0.15, 0.2) is 67.1 Å². The van der Waals surface area contributed by atoms with Gasteiger partial charge in [-0.15, -0.1) is 0 Å². The Kier molecular flexibility index (Phi) is 5.43. The number of benzene rings is 2. The maximum absolute atomic E-state index is 13.1. The highest BCUT2D eigenvalue weighted by molar-refractivity contribution is 7.86. The van der Waals surface area contributed by atoms with Crippen LogP contribution < -0.4 is 8.92 Å². The lowest BCUT2D eigenvalue weighted by Crippen LogP contribution is -2.10. The summed E-state index contributed by atoms with van der Waals surface area (Å²) in [6.45, 7) is 0. The van der Waals surface area contributed by atoms with Crippen LogP contribution in [0.5, 0.6) is 17.4 Å². The highest BCUT2D eigenvalue weighted by atomic mass is 32.2. The fourth-order valence-corrected chi connectivity index (χ4v) is 3.38. The Morgan fingerprint density at radius 3 is 2.50 bits per heavy atom. The van der Waals surface area contributed by atoms with E-state index in [1.807, 2.05) is 12.1 Å². The Bertz CT molecular complexity index is 1410. The minimum atomic E-state index is -4.68. The summed E-state index contributed by atoms with van der Waals surface area (Å²) in [6, 6.07) is 12.8. The average Bonchev–Trinajstić information content (AvgIpc) is 2.72. The molecule has 0 bridgehead atoms. The number of ether oxygens (including phenoxy) is 1. The van der Waals surface area contributed by atoms with Crippen LogP contribution in [-0.4, -0.2) is 29.6 Å². The maximum atomic E-state index is 13.1. The van der Waals surface area contributed by atoms with Crippen LogP contribution in [0.1, 0.15) is 5.56 Å². The van der Waals surface area contributed by atoms with Gasteiger partial charge in [0.1, 0.15) is 12.1 Å². The van der Waals surface area contributed by atoms with Gasteiger partial charge in [-0.3, -0.25) is 4.98 Å². The number of hydrogen-bond donors (Lipinski definition) is 0. The number of nitrogens with zero attached hydrogens (tertiary/aromatic N) is 3. The quantitative estimate of drug-likeness (QED) is 0.393. The zero-order chi connectivity index (χ0) is 22.9. The molecule has 0 unspecified atom stereocenters. The fourth-order valence-electron chi connectivity index (χ4n) is 2.92. The highest BCUT2D eigenvalue weighted by Crippen LogP contribution is 2.38. The zero-order valence-corrected chi connectivity index (χ0v) is 17.2. The molecule has 11 heteroatoms. The van der Waals surface area contributed by atoms with Crippen LogP contribution >= 0.6 is 0 Å². The molecule has 164 valence electrons. The van der Waals surface area contributed by atoms with Crippen molar-refractivity contribution in [1.29, 1.82) is 0 Å². The van der Waals surface area contributed by atoms with E-state index in [1.165, 1.54) is 6.07 Å². The van der Waals surface area contributed by atoms with Gasteiger partial charge < -0.3 is 8.92 Å². The molecule has 0 aliphatic rings. The van der Waals surface area contributed by atoms with Gasteiger partial charge in [0.25, 0.3) is 0 Å². The molecule has 0 fully saturated rings. The number of hydrogen-bond acceptors (Lipinski definition) is 7. The van der Waals surface area contributed by atoms with Gasteiger partial charge in [-0.2, -0.15) is 21.6 Å². The van der Waals surface area contributed by atoms with E-state index in [9.17, 15) is 21.6 Å². The molecular weight excluding hydrogens is 447 g/mol. The van der Waals surface area contributed by atoms with Crippen molar-refractivity contribution in [2.45, 2.75) is 6.18 Å². The predicted octanol–water partition coefficient (Wildman–Crippen LogP) is 4.84. The van der Waals surface area contributed by atoms with Gasteiger partial charge in [-0.1, -0.05) is 6.07 Å². The second kappa shape index (κ2) is 8.08. The van der Waals surface area contributed by atoms with E-state index in [4.69, 9.17) is 8.92 Å². The largest absolute Gasteiger partial charge is 0.439 e. The standard InChI is InChI=1S/C21H14F3N3O4S/c1-32(28,29)31-19-9-14(21(22,23)24)5-7-16(19)18-11-20(27-12-26-18)30-15-6-4-13-3-2-8-25-17(13)10-15/h2-12H,1H3. The van der Waals surface area contributed by atoms with Gasteiger partial charge in [0.05, 0.1) is 23.0 Å². The summed E-state index contributed by atoms with van der Waals surface area (Å²) in [4.78, 5) is 12.3. The monoisotopic (exact) mass is 461 g/mol. The minimum Gasteiger partial charge on any atom is -0.439 e. The van der Waals surface area contributed by atoms with E-state index in [0.717, 1.165) is 30.1 Å². The molecule has 0 aliphatic heterocycles. The molecule has 0 atom stereocenters. The molecule has 0 saturated carbocycles. The van der Waals surface area contributed by atoms with Gasteiger partial charge >= 0.3 is 16.3 Å². The molecule has 0 aliphatic carbocycles. The molecule has 32 heavy (non-hydrogen) atoms. The van der Waals surface area contributed by atoms with Crippen LogP contribution in [0, 0.1) is 0 Å². The van der Waals surface area contributed by atoms with Crippen molar-refractivity contribution < 1.29 is 30.5 Å². The molecule has 0 amide bonds. The first-order valence-electron chi connectivity index (χ1n) is 9.04. The van der Waals surface area contributed by atoms with Crippen LogP contribution in [0.4, 0.5) is 13.2 Å². The first-order valence-corrected chi connectivity index (χ1v) is 10.9. The molecular formula is C21H14F3N3O4S. The maximum Gasteiger partial charge on any atom is 0.416 e. The summed E-state index contributed by atoms with van der Waals surface area (Å²) in [6.07, 6.45) is -1.16. The molecule has 2 heterocycles. The van der Waals surface area contributed by atoms with E-state index in [-0.39, 0.29) is 17.1 Å². The Hall–Kier alpha value is -3.73. The number of rotatable bonds is 5. The third-order valence-electron chi connectivity index (χ3n) is 4.27. The lowest BCUT2D eigenvalue weighted by Gasteiger charge is -2.13. The lowest BCUT2D eigenvalue weighted by molar-refractivity contribution is -0.137. The van der Waals surface area contributed by atoms with Crippen LogP contribution in [0.2, 0.25) is 0 Å². The third-order valence-corrected chi connectivity index (χ3v) is 4.75. The van der Waals surface area contributed by atoms with Gasteiger partial charge in [-0.25, -0.2) is 9.97 Å². The number of halogens is 3. The normalized spacial score (nSPS) is 12.0.